The normalized spacial score (nSPS) is 18.0. The molecule has 0 aliphatic carbocycles. The van der Waals surface area contributed by atoms with E-state index >= 15 is 0 Å². The van der Waals surface area contributed by atoms with E-state index in [9.17, 15) is 19.2 Å². The van der Waals surface area contributed by atoms with E-state index in [0.717, 1.165) is 61.5 Å². The van der Waals surface area contributed by atoms with Gasteiger partial charge in [-0.25, -0.2) is 9.78 Å². The molecule has 51 heavy (non-hydrogen) atoms. The second-order valence-corrected chi connectivity index (χ2v) is 14.8. The number of hydrogen-bond acceptors (Lipinski definition) is 7. The van der Waals surface area contributed by atoms with Gasteiger partial charge >= 0.3 is 6.09 Å². The van der Waals surface area contributed by atoms with E-state index in [1.165, 1.54) is 0 Å². The minimum atomic E-state index is -0.626. The number of alkyl carbamates (subject to hydrolysis) is 1. The van der Waals surface area contributed by atoms with Crippen molar-refractivity contribution in [2.45, 2.75) is 58.1 Å². The maximum atomic E-state index is 13.9. The first-order chi connectivity index (χ1) is 24.5. The van der Waals surface area contributed by atoms with E-state index < -0.39 is 11.7 Å². The molecule has 0 bridgehead atoms. The number of nitrogens with one attached hydrogen (secondary N) is 1. The molecule has 3 saturated heterocycles. The minimum Gasteiger partial charge on any atom is -0.444 e. The average Bonchev–Trinajstić information content (AvgIpc) is 3.16. The van der Waals surface area contributed by atoms with Crippen molar-refractivity contribution in [2.75, 3.05) is 58.9 Å². The van der Waals surface area contributed by atoms with Crippen molar-refractivity contribution in [1.82, 2.24) is 29.9 Å². The number of likely N-dealkylation sites (tertiary alicyclic amines) is 2. The number of benzene rings is 2. The molecule has 3 aliphatic heterocycles. The smallest absolute Gasteiger partial charge is 0.408 e. The van der Waals surface area contributed by atoms with Crippen molar-refractivity contribution < 1.29 is 23.9 Å². The quantitative estimate of drug-likeness (QED) is 0.373. The Labute approximate surface area is 300 Å². The van der Waals surface area contributed by atoms with Gasteiger partial charge in [0, 0.05) is 81.0 Å². The zero-order valence-corrected chi connectivity index (χ0v) is 30.1. The zero-order valence-electron chi connectivity index (χ0n) is 30.1. The fraction of sp³-hybridized carbons (Fsp3) is 0.475. The van der Waals surface area contributed by atoms with E-state index in [-0.39, 0.29) is 30.2 Å². The Morgan fingerprint density at radius 3 is 1.76 bits per heavy atom. The topological polar surface area (TPSA) is 115 Å². The molecule has 0 radical (unpaired) electrons. The summed E-state index contributed by atoms with van der Waals surface area (Å²) >= 11 is 0. The van der Waals surface area contributed by atoms with Crippen molar-refractivity contribution >= 4 is 23.8 Å². The fourth-order valence-corrected chi connectivity index (χ4v) is 7.30. The molecule has 1 N–H and O–H groups in total. The van der Waals surface area contributed by atoms with Gasteiger partial charge in [-0.3, -0.25) is 19.3 Å². The molecule has 11 nitrogen and oxygen atoms in total. The van der Waals surface area contributed by atoms with Crippen LogP contribution in [-0.4, -0.2) is 119 Å². The van der Waals surface area contributed by atoms with Crippen molar-refractivity contribution in [1.29, 1.82) is 0 Å². The van der Waals surface area contributed by atoms with Gasteiger partial charge in [-0.2, -0.15) is 0 Å². The van der Waals surface area contributed by atoms with Gasteiger partial charge < -0.3 is 24.8 Å². The van der Waals surface area contributed by atoms with Crippen LogP contribution in [0.25, 0.3) is 22.5 Å². The number of aromatic nitrogens is 1. The lowest BCUT2D eigenvalue weighted by molar-refractivity contribution is -0.141. The number of nitrogens with zero attached hydrogens (tertiary/aromatic N) is 5. The van der Waals surface area contributed by atoms with Gasteiger partial charge in [0.15, 0.2) is 0 Å². The second-order valence-electron chi connectivity index (χ2n) is 14.8. The van der Waals surface area contributed by atoms with E-state index in [1.807, 2.05) is 82.6 Å². The lowest BCUT2D eigenvalue weighted by Crippen LogP contribution is -2.55. The van der Waals surface area contributed by atoms with Gasteiger partial charge in [-0.05, 0) is 58.6 Å². The van der Waals surface area contributed by atoms with E-state index in [4.69, 9.17) is 9.72 Å². The summed E-state index contributed by atoms with van der Waals surface area (Å²) in [6, 6.07) is 24.2. The van der Waals surface area contributed by atoms with Crippen LogP contribution in [0.4, 0.5) is 4.79 Å². The molecule has 6 rings (SSSR count). The number of carbonyl (C=O) groups is 4. The summed E-state index contributed by atoms with van der Waals surface area (Å²) in [5, 5.41) is 2.53. The van der Waals surface area contributed by atoms with Gasteiger partial charge in [0.05, 0.1) is 11.4 Å². The lowest BCUT2D eigenvalue weighted by atomic mass is 9.93. The van der Waals surface area contributed by atoms with Crippen LogP contribution in [0.5, 0.6) is 0 Å². The highest BCUT2D eigenvalue weighted by Gasteiger charge is 2.34. The third-order valence-corrected chi connectivity index (χ3v) is 10.1. The molecular weight excluding hydrogens is 644 g/mol. The minimum absolute atomic E-state index is 0.0267. The van der Waals surface area contributed by atoms with Crippen molar-refractivity contribution in [2.24, 2.45) is 5.92 Å². The predicted molar refractivity (Wildman–Crippen MR) is 196 cm³/mol. The first-order valence-corrected chi connectivity index (χ1v) is 18.2. The van der Waals surface area contributed by atoms with E-state index in [1.54, 1.807) is 25.7 Å². The Balaban J connectivity index is 0.964. The highest BCUT2D eigenvalue weighted by atomic mass is 16.6. The SMILES string of the molecule is CC(C)(C)OC(=O)NCC(=O)N1CCC(C(=O)N2CCC(N3CCN(C(=O)c4cc(-c5ccccc5)nc(-c5ccccc5)c4)CC3)CC2)CC1. The largest absolute Gasteiger partial charge is 0.444 e. The number of piperazine rings is 1. The Bertz CT molecular complexity index is 1610. The molecule has 4 heterocycles. The molecule has 0 unspecified atom stereocenters. The number of piperidine rings is 2. The summed E-state index contributed by atoms with van der Waals surface area (Å²) in [5.74, 6) is -0.0372. The first-order valence-electron chi connectivity index (χ1n) is 18.2. The molecule has 1 aromatic heterocycles. The Morgan fingerprint density at radius 2 is 1.24 bits per heavy atom. The molecule has 270 valence electrons. The molecule has 3 aliphatic rings. The van der Waals surface area contributed by atoms with Crippen LogP contribution in [0.2, 0.25) is 0 Å². The molecule has 3 aromatic rings. The number of ether oxygens (including phenoxy) is 1. The fourth-order valence-electron chi connectivity index (χ4n) is 7.30. The van der Waals surface area contributed by atoms with Gasteiger partial charge in [0.2, 0.25) is 11.8 Å². The third-order valence-electron chi connectivity index (χ3n) is 10.1. The zero-order chi connectivity index (χ0) is 36.0. The Kier molecular flexibility index (Phi) is 11.3. The van der Waals surface area contributed by atoms with Gasteiger partial charge in [0.1, 0.15) is 12.1 Å². The average molecular weight is 695 g/mol. The standard InChI is InChI=1S/C40H50N6O5/c1-40(2,3)51-39(50)41-28-36(47)44-18-14-31(15-19-44)37(48)45-20-16-33(17-21-45)43-22-24-46(25-23-43)38(49)32-26-34(29-10-6-4-7-11-29)42-35(27-32)30-12-8-5-9-13-30/h4-13,26-27,31,33H,14-25,28H2,1-3H3,(H,41,50). The molecule has 4 amide bonds. The van der Waals surface area contributed by atoms with Crippen LogP contribution in [0.1, 0.15) is 56.8 Å². The molecule has 11 heteroatoms. The monoisotopic (exact) mass is 694 g/mol. The van der Waals surface area contributed by atoms with Crippen molar-refractivity contribution in [3.8, 4) is 22.5 Å². The van der Waals surface area contributed by atoms with Crippen LogP contribution in [-0.2, 0) is 14.3 Å². The predicted octanol–water partition coefficient (Wildman–Crippen LogP) is 4.93. The van der Waals surface area contributed by atoms with Crippen LogP contribution in [0, 0.1) is 5.92 Å². The molecule has 2 aromatic carbocycles. The summed E-state index contributed by atoms with van der Waals surface area (Å²) in [4.78, 5) is 64.9. The molecular formula is C40H50N6O5. The van der Waals surface area contributed by atoms with Crippen molar-refractivity contribution in [3.05, 3.63) is 78.4 Å². The van der Waals surface area contributed by atoms with Gasteiger partial charge in [-0.15, -0.1) is 0 Å². The summed E-state index contributed by atoms with van der Waals surface area (Å²) in [6.07, 6.45) is 2.48. The molecule has 3 fully saturated rings. The Hall–Kier alpha value is -4.77. The summed E-state index contributed by atoms with van der Waals surface area (Å²) < 4.78 is 5.21. The molecule has 0 spiro atoms. The third kappa shape index (κ3) is 9.32. The van der Waals surface area contributed by atoms with Gasteiger partial charge in [0.25, 0.3) is 5.91 Å². The van der Waals surface area contributed by atoms with Crippen LogP contribution in [0.3, 0.4) is 0 Å². The highest BCUT2D eigenvalue weighted by molar-refractivity contribution is 5.96. The number of pyridine rings is 1. The van der Waals surface area contributed by atoms with Gasteiger partial charge in [-0.1, -0.05) is 60.7 Å². The summed E-state index contributed by atoms with van der Waals surface area (Å²) in [6.45, 7) is 10.6. The number of rotatable bonds is 7. The van der Waals surface area contributed by atoms with Crippen molar-refractivity contribution in [3.63, 3.8) is 0 Å². The van der Waals surface area contributed by atoms with Crippen LogP contribution < -0.4 is 5.32 Å². The highest BCUT2D eigenvalue weighted by Crippen LogP contribution is 2.27. The number of amides is 4. The van der Waals surface area contributed by atoms with Crippen LogP contribution >= 0.6 is 0 Å². The summed E-state index contributed by atoms with van der Waals surface area (Å²) in [7, 11) is 0. The number of hydrogen-bond donors (Lipinski definition) is 1. The molecule has 0 atom stereocenters. The summed E-state index contributed by atoms with van der Waals surface area (Å²) in [5.41, 5.74) is 3.54. The maximum Gasteiger partial charge on any atom is 0.408 e. The van der Waals surface area contributed by atoms with Crippen LogP contribution in [0.15, 0.2) is 72.8 Å². The Morgan fingerprint density at radius 1 is 0.706 bits per heavy atom. The lowest BCUT2D eigenvalue weighted by Gasteiger charge is -2.43. The maximum absolute atomic E-state index is 13.9. The van der Waals surface area contributed by atoms with E-state index in [2.05, 4.69) is 10.2 Å². The second kappa shape index (κ2) is 16.1. The molecule has 0 saturated carbocycles. The first kappa shape index (κ1) is 36.0. The number of carbonyl (C=O) groups excluding carboxylic acids is 4. The van der Waals surface area contributed by atoms with E-state index in [0.29, 0.717) is 50.6 Å².